The van der Waals surface area contributed by atoms with Gasteiger partial charge < -0.3 is 4.74 Å². The van der Waals surface area contributed by atoms with E-state index in [9.17, 15) is 0 Å². The van der Waals surface area contributed by atoms with E-state index in [0.29, 0.717) is 0 Å². The molecule has 0 N–H and O–H groups in total. The van der Waals surface area contributed by atoms with E-state index in [2.05, 4.69) is 51.4 Å². The Morgan fingerprint density at radius 2 is 2.10 bits per heavy atom. The highest BCUT2D eigenvalue weighted by molar-refractivity contribution is 9.10. The van der Waals surface area contributed by atoms with E-state index >= 15 is 0 Å². The van der Waals surface area contributed by atoms with E-state index < -0.39 is 0 Å². The Morgan fingerprint density at radius 3 is 2.95 bits per heavy atom. The smallest absolute Gasteiger partial charge is 0.150 e. The van der Waals surface area contributed by atoms with Gasteiger partial charge in [-0.2, -0.15) is 5.10 Å². The zero-order chi connectivity index (χ0) is 13.5. The van der Waals surface area contributed by atoms with E-state index in [4.69, 9.17) is 4.74 Å². The number of fused-ring (bicyclic) bond motifs is 2. The van der Waals surface area contributed by atoms with Crippen molar-refractivity contribution in [1.29, 1.82) is 0 Å². The van der Waals surface area contributed by atoms with Crippen LogP contribution in [0.15, 0.2) is 41.0 Å². The van der Waals surface area contributed by atoms with E-state index in [-0.39, 0.29) is 6.23 Å². The van der Waals surface area contributed by atoms with Crippen molar-refractivity contribution in [3.05, 3.63) is 41.0 Å². The van der Waals surface area contributed by atoms with Crippen LogP contribution >= 0.6 is 15.9 Å². The van der Waals surface area contributed by atoms with Gasteiger partial charge in [-0.1, -0.05) is 24.3 Å². The van der Waals surface area contributed by atoms with Crippen molar-refractivity contribution in [2.75, 3.05) is 6.61 Å². The molecule has 2 heterocycles. The molecule has 3 aromatic rings. The van der Waals surface area contributed by atoms with Crippen LogP contribution in [0, 0.1) is 0 Å². The molecule has 1 aromatic heterocycles. The molecule has 1 aliphatic rings. The molecule has 0 bridgehead atoms. The van der Waals surface area contributed by atoms with E-state index in [1.807, 2.05) is 10.9 Å². The van der Waals surface area contributed by atoms with E-state index in [1.165, 1.54) is 17.2 Å². The number of halogens is 1. The number of rotatable bonds is 1. The van der Waals surface area contributed by atoms with Gasteiger partial charge >= 0.3 is 0 Å². The number of nitrogens with zero attached hydrogens (tertiary/aromatic N) is 2. The molecule has 0 spiro atoms. The largest absolute Gasteiger partial charge is 0.356 e. The normalized spacial score (nSPS) is 19.8. The highest BCUT2D eigenvalue weighted by Gasteiger charge is 2.19. The lowest BCUT2D eigenvalue weighted by Gasteiger charge is -2.23. The molecule has 102 valence electrons. The van der Waals surface area contributed by atoms with Crippen LogP contribution in [-0.2, 0) is 4.74 Å². The van der Waals surface area contributed by atoms with Crippen LogP contribution in [-0.4, -0.2) is 16.4 Å². The summed E-state index contributed by atoms with van der Waals surface area (Å²) in [6.07, 6.45) is 5.42. The molecule has 20 heavy (non-hydrogen) atoms. The summed E-state index contributed by atoms with van der Waals surface area (Å²) in [5.74, 6) is 0. The monoisotopic (exact) mass is 330 g/mol. The SMILES string of the molecule is Brc1c2ccccc2cc2c1cnn2C1CCCCO1. The molecule has 2 aromatic carbocycles. The molecule has 0 aliphatic carbocycles. The summed E-state index contributed by atoms with van der Waals surface area (Å²) in [6.45, 7) is 0.834. The summed E-state index contributed by atoms with van der Waals surface area (Å²) < 4.78 is 9.02. The summed E-state index contributed by atoms with van der Waals surface area (Å²) in [7, 11) is 0. The van der Waals surface area contributed by atoms with Crippen LogP contribution in [0.25, 0.3) is 21.7 Å². The molecule has 4 heteroatoms. The predicted molar refractivity (Wildman–Crippen MR) is 83.8 cm³/mol. The highest BCUT2D eigenvalue weighted by Crippen LogP contribution is 2.35. The second-order valence-electron chi connectivity index (χ2n) is 5.25. The molecule has 1 fully saturated rings. The van der Waals surface area contributed by atoms with Gasteiger partial charge in [-0.3, -0.25) is 0 Å². The fourth-order valence-corrected chi connectivity index (χ4v) is 3.61. The lowest BCUT2D eigenvalue weighted by atomic mass is 10.1. The molecule has 1 aliphatic heterocycles. The summed E-state index contributed by atoms with van der Waals surface area (Å²) in [5.41, 5.74) is 1.14. The van der Waals surface area contributed by atoms with Crippen LogP contribution < -0.4 is 0 Å². The van der Waals surface area contributed by atoms with Crippen molar-refractivity contribution in [2.45, 2.75) is 25.5 Å². The maximum absolute atomic E-state index is 5.87. The Balaban J connectivity index is 1.95. The molecule has 0 radical (unpaired) electrons. The van der Waals surface area contributed by atoms with Gasteiger partial charge in [0.25, 0.3) is 0 Å². The molecular weight excluding hydrogens is 316 g/mol. The second-order valence-corrected chi connectivity index (χ2v) is 6.05. The molecular formula is C16H15BrN2O. The van der Waals surface area contributed by atoms with Gasteiger partial charge in [-0.15, -0.1) is 0 Å². The zero-order valence-electron chi connectivity index (χ0n) is 11.1. The number of hydrogen-bond acceptors (Lipinski definition) is 2. The third kappa shape index (κ3) is 1.86. The van der Waals surface area contributed by atoms with Crippen LogP contribution in [0.3, 0.4) is 0 Å². The van der Waals surface area contributed by atoms with E-state index in [0.717, 1.165) is 34.8 Å². The molecule has 1 saturated heterocycles. The van der Waals surface area contributed by atoms with Crippen LogP contribution in [0.1, 0.15) is 25.5 Å². The molecule has 4 rings (SSSR count). The number of aromatic nitrogens is 2. The standard InChI is InChI=1S/C16H15BrN2O/c17-16-12-6-2-1-5-11(12)9-14-13(16)10-18-19(14)15-7-3-4-8-20-15/h1-2,5-6,9-10,15H,3-4,7-8H2. The van der Waals surface area contributed by atoms with Gasteiger partial charge in [0.2, 0.25) is 0 Å². The van der Waals surface area contributed by atoms with Crippen LogP contribution in [0.4, 0.5) is 0 Å². The highest BCUT2D eigenvalue weighted by atomic mass is 79.9. The minimum Gasteiger partial charge on any atom is -0.356 e. The first-order chi connectivity index (χ1) is 9.84. The summed E-state index contributed by atoms with van der Waals surface area (Å²) in [6, 6.07) is 10.6. The average Bonchev–Trinajstić information content (AvgIpc) is 2.92. The van der Waals surface area contributed by atoms with Crippen molar-refractivity contribution < 1.29 is 4.74 Å². The van der Waals surface area contributed by atoms with Crippen molar-refractivity contribution in [3.63, 3.8) is 0 Å². The van der Waals surface area contributed by atoms with Crippen LogP contribution in [0.2, 0.25) is 0 Å². The van der Waals surface area contributed by atoms with Gasteiger partial charge in [0.05, 0.1) is 11.7 Å². The quantitative estimate of drug-likeness (QED) is 0.649. The Morgan fingerprint density at radius 1 is 1.20 bits per heavy atom. The Kier molecular flexibility index (Phi) is 3.00. The summed E-state index contributed by atoms with van der Waals surface area (Å²) >= 11 is 3.73. The molecule has 0 amide bonds. The number of ether oxygens (including phenoxy) is 1. The van der Waals surface area contributed by atoms with Gasteiger partial charge in [-0.05, 0) is 52.0 Å². The molecule has 1 atom stereocenters. The van der Waals surface area contributed by atoms with Crippen molar-refractivity contribution in [1.82, 2.24) is 9.78 Å². The van der Waals surface area contributed by atoms with Gasteiger partial charge in [0.1, 0.15) is 0 Å². The zero-order valence-corrected chi connectivity index (χ0v) is 12.6. The van der Waals surface area contributed by atoms with Crippen LogP contribution in [0.5, 0.6) is 0 Å². The fourth-order valence-electron chi connectivity index (χ4n) is 2.95. The minimum atomic E-state index is 0.0781. The van der Waals surface area contributed by atoms with Gasteiger partial charge in [0.15, 0.2) is 6.23 Å². The molecule has 0 saturated carbocycles. The first-order valence-corrected chi connectivity index (χ1v) is 7.80. The lowest BCUT2D eigenvalue weighted by molar-refractivity contribution is -0.0366. The van der Waals surface area contributed by atoms with Crippen molar-refractivity contribution in [3.8, 4) is 0 Å². The summed E-state index contributed by atoms with van der Waals surface area (Å²) in [4.78, 5) is 0. The predicted octanol–water partition coefficient (Wildman–Crippen LogP) is 4.65. The second kappa shape index (κ2) is 4.86. The first-order valence-electron chi connectivity index (χ1n) is 7.00. The Labute approximate surface area is 125 Å². The maximum atomic E-state index is 5.87. The minimum absolute atomic E-state index is 0.0781. The average molecular weight is 331 g/mol. The third-order valence-electron chi connectivity index (χ3n) is 3.99. The van der Waals surface area contributed by atoms with Gasteiger partial charge in [-0.25, -0.2) is 4.68 Å². The number of hydrogen-bond donors (Lipinski definition) is 0. The lowest BCUT2D eigenvalue weighted by Crippen LogP contribution is -2.18. The van der Waals surface area contributed by atoms with E-state index in [1.54, 1.807) is 0 Å². The Hall–Kier alpha value is -1.39. The van der Waals surface area contributed by atoms with Gasteiger partial charge in [0, 0.05) is 16.5 Å². The molecule has 1 unspecified atom stereocenters. The van der Waals surface area contributed by atoms with Crippen molar-refractivity contribution in [2.24, 2.45) is 0 Å². The topological polar surface area (TPSA) is 27.1 Å². The third-order valence-corrected chi connectivity index (χ3v) is 4.84. The van der Waals surface area contributed by atoms with Crippen molar-refractivity contribution >= 4 is 37.6 Å². The Bertz CT molecular complexity index is 775. The number of benzene rings is 2. The summed E-state index contributed by atoms with van der Waals surface area (Å²) in [5, 5.41) is 8.17. The maximum Gasteiger partial charge on any atom is 0.150 e. The fraction of sp³-hybridized carbons (Fsp3) is 0.312. The first kappa shape index (κ1) is 12.4. The molecule has 3 nitrogen and oxygen atoms in total.